The van der Waals surface area contributed by atoms with Crippen LogP contribution in [0.3, 0.4) is 0 Å². The molecule has 2 N–H and O–H groups in total. The van der Waals surface area contributed by atoms with Gasteiger partial charge in [0.2, 0.25) is 0 Å². The van der Waals surface area contributed by atoms with Crippen LogP contribution in [0.1, 0.15) is 13.3 Å². The van der Waals surface area contributed by atoms with Crippen molar-refractivity contribution in [3.8, 4) is 5.75 Å². The van der Waals surface area contributed by atoms with E-state index in [1.54, 1.807) is 6.92 Å². The minimum absolute atomic E-state index is 0.125. The Morgan fingerprint density at radius 2 is 2.11 bits per heavy atom. The molecule has 1 aliphatic heterocycles. The molecule has 0 amide bonds. The quantitative estimate of drug-likeness (QED) is 0.834. The summed E-state index contributed by atoms with van der Waals surface area (Å²) in [7, 11) is 0. The molecular weight excluding hydrogens is 230 g/mol. The number of aliphatic hydroxyl groups is 2. The highest BCUT2D eigenvalue weighted by Crippen LogP contribution is 2.25. The van der Waals surface area contributed by atoms with Crippen molar-refractivity contribution in [1.82, 2.24) is 4.90 Å². The van der Waals surface area contributed by atoms with Gasteiger partial charge in [0.25, 0.3) is 0 Å². The van der Waals surface area contributed by atoms with Crippen molar-refractivity contribution in [3.63, 3.8) is 0 Å². The van der Waals surface area contributed by atoms with Crippen molar-refractivity contribution in [2.24, 2.45) is 0 Å². The average Bonchev–Trinajstić information content (AvgIpc) is 2.34. The number of hydrogen-bond acceptors (Lipinski definition) is 4. The molecule has 0 spiro atoms. The van der Waals surface area contributed by atoms with Crippen molar-refractivity contribution < 1.29 is 14.9 Å². The second kappa shape index (κ2) is 5.69. The van der Waals surface area contributed by atoms with Crippen LogP contribution in [0.25, 0.3) is 0 Å². The fourth-order valence-electron chi connectivity index (χ4n) is 2.43. The molecule has 100 valence electrons. The third kappa shape index (κ3) is 3.22. The Hall–Kier alpha value is -1.10. The van der Waals surface area contributed by atoms with Crippen molar-refractivity contribution in [2.45, 2.75) is 25.0 Å². The van der Waals surface area contributed by atoms with Crippen LogP contribution in [0.4, 0.5) is 0 Å². The van der Waals surface area contributed by atoms with Gasteiger partial charge in [0, 0.05) is 19.6 Å². The molecule has 1 saturated heterocycles. The van der Waals surface area contributed by atoms with Gasteiger partial charge < -0.3 is 14.9 Å². The van der Waals surface area contributed by atoms with Crippen LogP contribution >= 0.6 is 0 Å². The zero-order valence-corrected chi connectivity index (χ0v) is 10.7. The van der Waals surface area contributed by atoms with Gasteiger partial charge in [0.1, 0.15) is 17.5 Å². The first kappa shape index (κ1) is 13.3. The van der Waals surface area contributed by atoms with Crippen LogP contribution in [0, 0.1) is 0 Å². The summed E-state index contributed by atoms with van der Waals surface area (Å²) in [6.07, 6.45) is 0.567. The summed E-state index contributed by atoms with van der Waals surface area (Å²) in [6, 6.07) is 9.58. The van der Waals surface area contributed by atoms with Crippen LogP contribution in [-0.2, 0) is 0 Å². The third-order valence-electron chi connectivity index (χ3n) is 3.38. The average molecular weight is 251 g/mol. The lowest BCUT2D eigenvalue weighted by Gasteiger charge is -2.42. The lowest BCUT2D eigenvalue weighted by Crippen LogP contribution is -2.57. The molecule has 1 heterocycles. The van der Waals surface area contributed by atoms with E-state index in [-0.39, 0.29) is 12.7 Å². The summed E-state index contributed by atoms with van der Waals surface area (Å²) in [5, 5.41) is 19.4. The van der Waals surface area contributed by atoms with Crippen molar-refractivity contribution in [3.05, 3.63) is 30.3 Å². The Morgan fingerprint density at radius 3 is 2.72 bits per heavy atom. The molecule has 4 heteroatoms. The van der Waals surface area contributed by atoms with Gasteiger partial charge in [-0.2, -0.15) is 0 Å². The maximum Gasteiger partial charge on any atom is 0.129 e. The third-order valence-corrected chi connectivity index (χ3v) is 3.38. The SMILES string of the molecule is C[C@]1(O)CN(CCO)CC[C@@H]1Oc1ccccc1. The fraction of sp³-hybridized carbons (Fsp3) is 0.571. The highest BCUT2D eigenvalue weighted by atomic mass is 16.5. The van der Waals surface area contributed by atoms with E-state index < -0.39 is 5.60 Å². The lowest BCUT2D eigenvalue weighted by molar-refractivity contribution is -0.0990. The molecular formula is C14H21NO3. The highest BCUT2D eigenvalue weighted by Gasteiger charge is 2.39. The molecule has 1 fully saturated rings. The Morgan fingerprint density at radius 1 is 1.39 bits per heavy atom. The van der Waals surface area contributed by atoms with Crippen LogP contribution in [0.2, 0.25) is 0 Å². The first-order chi connectivity index (χ1) is 8.62. The Kier molecular flexibility index (Phi) is 4.22. The molecule has 2 rings (SSSR count). The predicted molar refractivity (Wildman–Crippen MR) is 69.6 cm³/mol. The van der Waals surface area contributed by atoms with Crippen LogP contribution < -0.4 is 4.74 Å². The van der Waals surface area contributed by atoms with E-state index in [9.17, 15) is 5.11 Å². The van der Waals surface area contributed by atoms with E-state index in [0.717, 1.165) is 18.7 Å². The van der Waals surface area contributed by atoms with Crippen molar-refractivity contribution in [2.75, 3.05) is 26.2 Å². The molecule has 4 nitrogen and oxygen atoms in total. The standard InChI is InChI=1S/C14H21NO3/c1-14(17)11-15(9-10-16)8-7-13(14)18-12-5-3-2-4-6-12/h2-6,13,16-17H,7-11H2,1H3/t13-,14-/m0/s1. The number of piperidine rings is 1. The number of β-amino-alcohol motifs (C(OH)–C–C–N with tert-alkyl or cyclic N) is 2. The largest absolute Gasteiger partial charge is 0.487 e. The monoisotopic (exact) mass is 251 g/mol. The second-order valence-electron chi connectivity index (χ2n) is 5.07. The molecule has 1 aromatic carbocycles. The molecule has 18 heavy (non-hydrogen) atoms. The predicted octanol–water partition coefficient (Wildman–Crippen LogP) is 0.883. The summed E-state index contributed by atoms with van der Waals surface area (Å²) in [4.78, 5) is 2.06. The molecule has 0 bridgehead atoms. The summed E-state index contributed by atoms with van der Waals surface area (Å²) < 4.78 is 5.86. The number of ether oxygens (including phenoxy) is 1. The number of benzene rings is 1. The minimum Gasteiger partial charge on any atom is -0.487 e. The van der Waals surface area contributed by atoms with Gasteiger partial charge in [-0.1, -0.05) is 18.2 Å². The first-order valence-electron chi connectivity index (χ1n) is 6.39. The van der Waals surface area contributed by atoms with Gasteiger partial charge in [-0.15, -0.1) is 0 Å². The molecule has 0 radical (unpaired) electrons. The number of likely N-dealkylation sites (tertiary alicyclic amines) is 1. The number of nitrogens with zero attached hydrogens (tertiary/aromatic N) is 1. The molecule has 0 saturated carbocycles. The Balaban J connectivity index is 1.98. The lowest BCUT2D eigenvalue weighted by atomic mass is 9.91. The smallest absolute Gasteiger partial charge is 0.129 e. The zero-order valence-electron chi connectivity index (χ0n) is 10.7. The van der Waals surface area contributed by atoms with Crippen molar-refractivity contribution >= 4 is 0 Å². The maximum absolute atomic E-state index is 10.4. The van der Waals surface area contributed by atoms with Gasteiger partial charge in [-0.05, 0) is 25.5 Å². The molecule has 1 aliphatic rings. The Labute approximate surface area is 108 Å². The minimum atomic E-state index is -0.886. The van der Waals surface area contributed by atoms with Crippen molar-refractivity contribution in [1.29, 1.82) is 0 Å². The van der Waals surface area contributed by atoms with Gasteiger partial charge >= 0.3 is 0 Å². The molecule has 0 unspecified atom stereocenters. The zero-order chi connectivity index (χ0) is 13.0. The molecule has 0 aliphatic carbocycles. The number of para-hydroxylation sites is 1. The fourth-order valence-corrected chi connectivity index (χ4v) is 2.43. The highest BCUT2D eigenvalue weighted by molar-refractivity contribution is 5.21. The first-order valence-corrected chi connectivity index (χ1v) is 6.39. The van der Waals surface area contributed by atoms with E-state index in [4.69, 9.17) is 9.84 Å². The molecule has 2 atom stereocenters. The summed E-state index contributed by atoms with van der Waals surface area (Å²) in [5.41, 5.74) is -0.886. The normalized spacial score (nSPS) is 29.2. The van der Waals surface area contributed by atoms with Crippen LogP contribution in [0.15, 0.2) is 30.3 Å². The summed E-state index contributed by atoms with van der Waals surface area (Å²) in [5.74, 6) is 0.790. The van der Waals surface area contributed by atoms with Gasteiger partial charge in [0.05, 0.1) is 6.61 Å². The summed E-state index contributed by atoms with van der Waals surface area (Å²) in [6.45, 7) is 3.90. The number of rotatable bonds is 4. The number of hydrogen-bond donors (Lipinski definition) is 2. The van der Waals surface area contributed by atoms with E-state index in [2.05, 4.69) is 4.90 Å². The second-order valence-corrected chi connectivity index (χ2v) is 5.07. The maximum atomic E-state index is 10.4. The van der Waals surface area contributed by atoms with E-state index >= 15 is 0 Å². The van der Waals surface area contributed by atoms with Gasteiger partial charge in [-0.3, -0.25) is 4.90 Å². The van der Waals surface area contributed by atoms with Crippen LogP contribution in [0.5, 0.6) is 5.75 Å². The van der Waals surface area contributed by atoms with Gasteiger partial charge in [-0.25, -0.2) is 0 Å². The van der Waals surface area contributed by atoms with E-state index in [1.807, 2.05) is 30.3 Å². The molecule has 0 aromatic heterocycles. The molecule has 1 aromatic rings. The topological polar surface area (TPSA) is 52.9 Å². The summed E-state index contributed by atoms with van der Waals surface area (Å²) >= 11 is 0. The van der Waals surface area contributed by atoms with E-state index in [0.29, 0.717) is 13.1 Å². The van der Waals surface area contributed by atoms with Gasteiger partial charge in [0.15, 0.2) is 0 Å². The Bertz CT molecular complexity index is 367. The van der Waals surface area contributed by atoms with Crippen LogP contribution in [-0.4, -0.2) is 53.1 Å². The number of aliphatic hydroxyl groups excluding tert-OH is 1. The van der Waals surface area contributed by atoms with E-state index in [1.165, 1.54) is 0 Å².